The second-order valence-corrected chi connectivity index (χ2v) is 4.46. The number of para-hydroxylation sites is 1. The highest BCUT2D eigenvalue weighted by Gasteiger charge is 2.14. The van der Waals surface area contributed by atoms with Crippen LogP contribution in [0.5, 0.6) is 0 Å². The van der Waals surface area contributed by atoms with E-state index in [4.69, 9.17) is 11.6 Å². The number of nitrogens with zero attached hydrogens (tertiary/aromatic N) is 1. The smallest absolute Gasteiger partial charge is 0.0687 e. The van der Waals surface area contributed by atoms with E-state index in [9.17, 15) is 10.2 Å². The van der Waals surface area contributed by atoms with Crippen molar-refractivity contribution in [2.45, 2.75) is 26.1 Å². The molecule has 0 aliphatic carbocycles. The minimum Gasteiger partial charge on any atom is -0.392 e. The molecule has 1 aromatic rings. The molecule has 1 aromatic carbocycles. The second kappa shape index (κ2) is 6.09. The molecule has 4 heteroatoms. The molecule has 0 amide bonds. The number of anilines is 1. The van der Waals surface area contributed by atoms with E-state index in [1.807, 2.05) is 23.1 Å². The summed E-state index contributed by atoms with van der Waals surface area (Å²) in [6.45, 7) is 4.33. The molecule has 2 unspecified atom stereocenters. The van der Waals surface area contributed by atoms with Crippen LogP contribution in [0.2, 0.25) is 5.02 Å². The molecule has 0 bridgehead atoms. The lowest BCUT2D eigenvalue weighted by Gasteiger charge is -2.28. The lowest BCUT2D eigenvalue weighted by Crippen LogP contribution is -2.36. The number of hydrogen-bond acceptors (Lipinski definition) is 3. The summed E-state index contributed by atoms with van der Waals surface area (Å²) in [6.07, 6.45) is -0.926. The van der Waals surface area contributed by atoms with Crippen LogP contribution >= 0.6 is 11.6 Å². The molecular weight excluding hydrogens is 226 g/mol. The van der Waals surface area contributed by atoms with Gasteiger partial charge in [-0.1, -0.05) is 23.7 Å². The highest BCUT2D eigenvalue weighted by atomic mass is 35.5. The predicted octanol–water partition coefficient (Wildman–Crippen LogP) is 1.91. The maximum Gasteiger partial charge on any atom is 0.0687 e. The first-order valence-corrected chi connectivity index (χ1v) is 5.74. The maximum absolute atomic E-state index is 9.42. The van der Waals surface area contributed by atoms with Gasteiger partial charge in [-0.3, -0.25) is 0 Å². The Kier molecular flexibility index (Phi) is 5.06. The maximum atomic E-state index is 9.42. The fourth-order valence-electron chi connectivity index (χ4n) is 1.62. The van der Waals surface area contributed by atoms with Gasteiger partial charge < -0.3 is 15.1 Å². The zero-order chi connectivity index (χ0) is 12.1. The second-order valence-electron chi connectivity index (χ2n) is 4.05. The summed E-state index contributed by atoms with van der Waals surface area (Å²) in [4.78, 5) is 1.89. The molecule has 0 saturated carbocycles. The average Bonchev–Trinajstić information content (AvgIpc) is 2.15. The molecule has 16 heavy (non-hydrogen) atoms. The normalized spacial score (nSPS) is 14.6. The van der Waals surface area contributed by atoms with Crippen LogP contribution in [0.25, 0.3) is 0 Å². The minimum absolute atomic E-state index is 0.453. The summed E-state index contributed by atoms with van der Waals surface area (Å²) in [5.41, 5.74) is 0.839. The van der Waals surface area contributed by atoms with Crippen molar-refractivity contribution in [2.24, 2.45) is 0 Å². The number of aliphatic hydroxyl groups excluding tert-OH is 2. The van der Waals surface area contributed by atoms with Crippen molar-refractivity contribution >= 4 is 17.3 Å². The highest BCUT2D eigenvalue weighted by molar-refractivity contribution is 6.33. The fourth-order valence-corrected chi connectivity index (χ4v) is 1.87. The largest absolute Gasteiger partial charge is 0.392 e. The summed E-state index contributed by atoms with van der Waals surface area (Å²) >= 11 is 6.08. The molecule has 2 N–H and O–H groups in total. The van der Waals surface area contributed by atoms with E-state index in [1.165, 1.54) is 0 Å². The number of aliphatic hydroxyl groups is 2. The van der Waals surface area contributed by atoms with Crippen molar-refractivity contribution in [2.75, 3.05) is 18.0 Å². The Morgan fingerprint density at radius 2 is 1.62 bits per heavy atom. The van der Waals surface area contributed by atoms with Crippen LogP contribution < -0.4 is 4.90 Å². The van der Waals surface area contributed by atoms with Crippen LogP contribution in [-0.4, -0.2) is 35.5 Å². The van der Waals surface area contributed by atoms with Crippen molar-refractivity contribution in [3.8, 4) is 0 Å². The molecule has 0 aliphatic heterocycles. The Bertz CT molecular complexity index is 319. The first-order valence-electron chi connectivity index (χ1n) is 5.36. The monoisotopic (exact) mass is 243 g/mol. The van der Waals surface area contributed by atoms with Gasteiger partial charge >= 0.3 is 0 Å². The molecule has 0 heterocycles. The average molecular weight is 244 g/mol. The number of benzene rings is 1. The van der Waals surface area contributed by atoms with E-state index in [1.54, 1.807) is 19.9 Å². The van der Waals surface area contributed by atoms with Crippen molar-refractivity contribution < 1.29 is 10.2 Å². The highest BCUT2D eigenvalue weighted by Crippen LogP contribution is 2.25. The zero-order valence-electron chi connectivity index (χ0n) is 9.60. The van der Waals surface area contributed by atoms with Gasteiger partial charge in [-0.05, 0) is 26.0 Å². The third kappa shape index (κ3) is 4.00. The Labute approximate surface area is 101 Å². The van der Waals surface area contributed by atoms with E-state index >= 15 is 0 Å². The summed E-state index contributed by atoms with van der Waals surface area (Å²) in [5, 5.41) is 19.5. The summed E-state index contributed by atoms with van der Waals surface area (Å²) < 4.78 is 0. The van der Waals surface area contributed by atoms with Gasteiger partial charge in [0.05, 0.1) is 22.9 Å². The van der Waals surface area contributed by atoms with E-state index in [2.05, 4.69) is 0 Å². The SMILES string of the molecule is CC(O)CN(CC(C)O)c1ccccc1Cl. The van der Waals surface area contributed by atoms with Gasteiger partial charge in [0, 0.05) is 13.1 Å². The lowest BCUT2D eigenvalue weighted by atomic mass is 10.2. The standard InChI is InChI=1S/C12H18ClNO2/c1-9(15)7-14(8-10(2)16)12-6-4-3-5-11(12)13/h3-6,9-10,15-16H,7-8H2,1-2H3. The van der Waals surface area contributed by atoms with Crippen molar-refractivity contribution in [3.63, 3.8) is 0 Å². The van der Waals surface area contributed by atoms with Gasteiger partial charge in [-0.15, -0.1) is 0 Å². The first-order chi connectivity index (χ1) is 7.50. The van der Waals surface area contributed by atoms with Gasteiger partial charge in [0.2, 0.25) is 0 Å². The summed E-state index contributed by atoms with van der Waals surface area (Å²) in [7, 11) is 0. The topological polar surface area (TPSA) is 43.7 Å². The van der Waals surface area contributed by atoms with Crippen molar-refractivity contribution in [1.82, 2.24) is 0 Å². The molecule has 3 nitrogen and oxygen atoms in total. The fraction of sp³-hybridized carbons (Fsp3) is 0.500. The van der Waals surface area contributed by atoms with Crippen LogP contribution in [-0.2, 0) is 0 Å². The minimum atomic E-state index is -0.463. The third-order valence-corrected chi connectivity index (χ3v) is 2.48. The molecule has 0 saturated heterocycles. The number of halogens is 1. The van der Waals surface area contributed by atoms with Crippen molar-refractivity contribution in [3.05, 3.63) is 29.3 Å². The van der Waals surface area contributed by atoms with Gasteiger partial charge in [-0.25, -0.2) is 0 Å². The quantitative estimate of drug-likeness (QED) is 0.830. The Morgan fingerprint density at radius 1 is 1.12 bits per heavy atom. The predicted molar refractivity (Wildman–Crippen MR) is 67.0 cm³/mol. The molecular formula is C12H18ClNO2. The van der Waals surface area contributed by atoms with Crippen LogP contribution in [0.3, 0.4) is 0 Å². The van der Waals surface area contributed by atoms with Crippen LogP contribution in [0.4, 0.5) is 5.69 Å². The van der Waals surface area contributed by atoms with Gasteiger partial charge in [-0.2, -0.15) is 0 Å². The summed E-state index contributed by atoms with van der Waals surface area (Å²) in [5.74, 6) is 0. The Hall–Kier alpha value is -0.770. The van der Waals surface area contributed by atoms with Crippen LogP contribution in [0, 0.1) is 0 Å². The van der Waals surface area contributed by atoms with E-state index in [0.29, 0.717) is 18.1 Å². The van der Waals surface area contributed by atoms with Gasteiger partial charge in [0.25, 0.3) is 0 Å². The molecule has 0 aromatic heterocycles. The molecule has 90 valence electrons. The van der Waals surface area contributed by atoms with Crippen molar-refractivity contribution in [1.29, 1.82) is 0 Å². The Balaban J connectivity index is 2.87. The molecule has 0 radical (unpaired) electrons. The third-order valence-electron chi connectivity index (χ3n) is 2.16. The van der Waals surface area contributed by atoms with Crippen LogP contribution in [0.1, 0.15) is 13.8 Å². The van der Waals surface area contributed by atoms with Crippen LogP contribution in [0.15, 0.2) is 24.3 Å². The van der Waals surface area contributed by atoms with E-state index in [-0.39, 0.29) is 0 Å². The van der Waals surface area contributed by atoms with E-state index in [0.717, 1.165) is 5.69 Å². The Morgan fingerprint density at radius 3 is 2.06 bits per heavy atom. The first kappa shape index (κ1) is 13.3. The summed E-state index contributed by atoms with van der Waals surface area (Å²) in [6, 6.07) is 7.42. The molecule has 0 spiro atoms. The lowest BCUT2D eigenvalue weighted by molar-refractivity contribution is 0.178. The molecule has 0 aliphatic rings. The number of rotatable bonds is 5. The van der Waals surface area contributed by atoms with Gasteiger partial charge in [0.15, 0.2) is 0 Å². The molecule has 1 rings (SSSR count). The van der Waals surface area contributed by atoms with Gasteiger partial charge in [0.1, 0.15) is 0 Å². The number of hydrogen-bond donors (Lipinski definition) is 2. The molecule has 0 fully saturated rings. The van der Waals surface area contributed by atoms with E-state index < -0.39 is 12.2 Å². The molecule has 2 atom stereocenters. The zero-order valence-corrected chi connectivity index (χ0v) is 10.4.